The van der Waals surface area contributed by atoms with Crippen LogP contribution in [0.25, 0.3) is 0 Å². The fraction of sp³-hybridized carbons (Fsp3) is 0.0952. The van der Waals surface area contributed by atoms with E-state index >= 15 is 0 Å². The quantitative estimate of drug-likeness (QED) is 0.122. The average molecular weight is 671 g/mol. The van der Waals surface area contributed by atoms with Crippen LogP contribution >= 0.6 is 20.6 Å². The average Bonchev–Trinajstić information content (AvgIpc) is 3.17. The van der Waals surface area contributed by atoms with Crippen molar-refractivity contribution < 1.29 is 18.0 Å². The van der Waals surface area contributed by atoms with Gasteiger partial charge in [-0.15, -0.1) is 0 Å². The van der Waals surface area contributed by atoms with Crippen LogP contribution < -0.4 is 0 Å². The second kappa shape index (κ2) is 15.2. The van der Waals surface area contributed by atoms with Crippen LogP contribution in [-0.2, 0) is 18.0 Å². The van der Waals surface area contributed by atoms with Crippen LogP contribution in [0.3, 0.4) is 0 Å². The summed E-state index contributed by atoms with van der Waals surface area (Å²) in [6.07, 6.45) is 0.864. The molecule has 0 aliphatic carbocycles. The Bertz CT molecular complexity index is 1570. The Kier molecular flexibility index (Phi) is 10.4. The summed E-state index contributed by atoms with van der Waals surface area (Å²) in [5.41, 5.74) is 0. The van der Waals surface area contributed by atoms with Crippen molar-refractivity contribution in [3.63, 3.8) is 0 Å². The fourth-order valence-corrected chi connectivity index (χ4v) is 11.9. The highest BCUT2D eigenvalue weighted by Gasteiger charge is 2.43. The first-order valence-electron chi connectivity index (χ1n) is 16.0. The molecule has 0 N–H and O–H groups in total. The minimum absolute atomic E-state index is 0.277. The Labute approximate surface area is 286 Å². The van der Waals surface area contributed by atoms with Crippen molar-refractivity contribution in [2.24, 2.45) is 5.92 Å². The first kappa shape index (κ1) is 32.9. The Balaban J connectivity index is 1.47. The third-order valence-corrected chi connectivity index (χ3v) is 14.5. The zero-order chi connectivity index (χ0) is 33.2. The summed E-state index contributed by atoms with van der Waals surface area (Å²) < 4.78 is 13.6. The summed E-state index contributed by atoms with van der Waals surface area (Å²) in [5, 5.41) is 0. The molecule has 0 amide bonds. The molecule has 0 aromatic heterocycles. The number of hydrogen-bond donors (Lipinski definition) is 0. The van der Waals surface area contributed by atoms with Crippen molar-refractivity contribution >= 4 is 32.6 Å². The molecule has 0 aliphatic rings. The molecule has 48 heavy (non-hydrogen) atoms. The molecule has 0 atom stereocenters. The molecule has 6 aromatic carbocycles. The molecule has 0 aliphatic heterocycles. The van der Waals surface area contributed by atoms with Gasteiger partial charge in [-0.1, -0.05) is 123 Å². The highest BCUT2D eigenvalue weighted by Crippen LogP contribution is 2.71. The Morgan fingerprint density at radius 2 is 0.625 bits per heavy atom. The van der Waals surface area contributed by atoms with Gasteiger partial charge in [0.15, 0.2) is 5.92 Å². The molecule has 6 rings (SSSR count). The standard InChI is InChI=1S/C42H38O4S2/c1-2-21-40(41(43)45-47(34-22-9-3-10-23-34,35-24-11-4-12-25-35)36-26-13-5-14-27-36)42(44)46-48(37-28-15-6-16-29-37,38-30-17-7-18-31-38)39-32-19-8-20-33-39/h3-20,22-33,40H,2,21H2,1H3. The van der Waals surface area contributed by atoms with E-state index in [1.165, 1.54) is 0 Å². The summed E-state index contributed by atoms with van der Waals surface area (Å²) in [6.45, 7) is 1.96. The maximum Gasteiger partial charge on any atom is 0.331 e. The van der Waals surface area contributed by atoms with Crippen LogP contribution in [0.1, 0.15) is 19.8 Å². The van der Waals surface area contributed by atoms with Gasteiger partial charge in [0.25, 0.3) is 0 Å². The monoisotopic (exact) mass is 670 g/mol. The molecule has 0 saturated heterocycles. The molecule has 6 heteroatoms. The lowest BCUT2D eigenvalue weighted by Crippen LogP contribution is -2.30. The van der Waals surface area contributed by atoms with Crippen LogP contribution in [0.4, 0.5) is 0 Å². The third-order valence-electron chi connectivity index (χ3n) is 8.01. The predicted molar refractivity (Wildman–Crippen MR) is 194 cm³/mol. The van der Waals surface area contributed by atoms with Gasteiger partial charge in [0, 0.05) is 29.4 Å². The molecule has 0 fully saturated rings. The van der Waals surface area contributed by atoms with E-state index in [1.807, 2.05) is 189 Å². The zero-order valence-electron chi connectivity index (χ0n) is 26.8. The second-order valence-corrected chi connectivity index (χ2v) is 16.5. The van der Waals surface area contributed by atoms with E-state index in [0.29, 0.717) is 6.42 Å². The molecular formula is C42H38O4S2. The van der Waals surface area contributed by atoms with Gasteiger partial charge in [-0.25, -0.2) is 0 Å². The fourth-order valence-electron chi connectivity index (χ4n) is 5.76. The minimum Gasteiger partial charge on any atom is -0.401 e. The van der Waals surface area contributed by atoms with E-state index in [0.717, 1.165) is 29.4 Å². The normalized spacial score (nSPS) is 12.2. The van der Waals surface area contributed by atoms with E-state index in [-0.39, 0.29) is 6.42 Å². The summed E-state index contributed by atoms with van der Waals surface area (Å²) in [4.78, 5) is 34.6. The van der Waals surface area contributed by atoms with Crippen molar-refractivity contribution in [3.05, 3.63) is 182 Å². The third kappa shape index (κ3) is 6.55. The van der Waals surface area contributed by atoms with Gasteiger partial charge in [-0.3, -0.25) is 9.59 Å². The lowest BCUT2D eigenvalue weighted by atomic mass is 10.1. The van der Waals surface area contributed by atoms with E-state index in [4.69, 9.17) is 8.37 Å². The highest BCUT2D eigenvalue weighted by molar-refractivity contribution is 8.30. The van der Waals surface area contributed by atoms with Gasteiger partial charge in [-0.05, 0) is 99.8 Å². The largest absolute Gasteiger partial charge is 0.401 e. The molecule has 0 radical (unpaired) electrons. The molecule has 0 bridgehead atoms. The van der Waals surface area contributed by atoms with Gasteiger partial charge in [-0.2, -0.15) is 0 Å². The maximum absolute atomic E-state index is 14.7. The van der Waals surface area contributed by atoms with Gasteiger partial charge in [0.05, 0.1) is 0 Å². The van der Waals surface area contributed by atoms with Gasteiger partial charge >= 0.3 is 11.9 Å². The van der Waals surface area contributed by atoms with Crippen molar-refractivity contribution in [1.82, 2.24) is 0 Å². The smallest absolute Gasteiger partial charge is 0.331 e. The molecule has 0 unspecified atom stereocenters. The van der Waals surface area contributed by atoms with Crippen molar-refractivity contribution in [2.45, 2.75) is 49.1 Å². The van der Waals surface area contributed by atoms with Gasteiger partial charge in [0.1, 0.15) is 0 Å². The summed E-state index contributed by atoms with van der Waals surface area (Å²) in [5.74, 6) is -2.35. The lowest BCUT2D eigenvalue weighted by Gasteiger charge is -2.42. The van der Waals surface area contributed by atoms with Crippen LogP contribution in [0.2, 0.25) is 0 Å². The molecule has 6 aromatic rings. The van der Waals surface area contributed by atoms with E-state index in [1.54, 1.807) is 0 Å². The summed E-state index contributed by atoms with van der Waals surface area (Å²) in [7, 11) is -5.16. The maximum atomic E-state index is 14.7. The van der Waals surface area contributed by atoms with Crippen molar-refractivity contribution in [2.75, 3.05) is 0 Å². The van der Waals surface area contributed by atoms with Crippen LogP contribution in [0.15, 0.2) is 211 Å². The molecular weight excluding hydrogens is 633 g/mol. The SMILES string of the molecule is CCCC(C(=O)OS(c1ccccc1)(c1ccccc1)c1ccccc1)C(=O)OS(c1ccccc1)(c1ccccc1)c1ccccc1. The Morgan fingerprint density at radius 1 is 0.417 bits per heavy atom. The highest BCUT2D eigenvalue weighted by atomic mass is 32.3. The second-order valence-electron chi connectivity index (χ2n) is 11.1. The number of rotatable bonds is 12. The molecule has 0 heterocycles. The van der Waals surface area contributed by atoms with Crippen molar-refractivity contribution in [3.8, 4) is 0 Å². The first-order chi connectivity index (χ1) is 23.6. The van der Waals surface area contributed by atoms with E-state index < -0.39 is 38.5 Å². The van der Waals surface area contributed by atoms with Crippen molar-refractivity contribution in [1.29, 1.82) is 0 Å². The summed E-state index contributed by atoms with van der Waals surface area (Å²) >= 11 is 0. The predicted octanol–water partition coefficient (Wildman–Crippen LogP) is 11.3. The number of carbonyl (C=O) groups excluding carboxylic acids is 2. The first-order valence-corrected chi connectivity index (χ1v) is 19.1. The van der Waals surface area contributed by atoms with Gasteiger partial charge < -0.3 is 8.37 Å². The zero-order valence-corrected chi connectivity index (χ0v) is 28.4. The number of hydrogen-bond acceptors (Lipinski definition) is 4. The topological polar surface area (TPSA) is 52.6 Å². The Morgan fingerprint density at radius 3 is 0.812 bits per heavy atom. The van der Waals surface area contributed by atoms with Crippen LogP contribution in [0.5, 0.6) is 0 Å². The minimum atomic E-state index is -2.58. The molecule has 0 saturated carbocycles. The molecule has 4 nitrogen and oxygen atoms in total. The van der Waals surface area contributed by atoms with Crippen LogP contribution in [0, 0.1) is 5.92 Å². The number of carbonyl (C=O) groups is 2. The molecule has 0 spiro atoms. The van der Waals surface area contributed by atoms with Gasteiger partial charge in [0.2, 0.25) is 0 Å². The lowest BCUT2D eigenvalue weighted by molar-refractivity contribution is -0.150. The van der Waals surface area contributed by atoms with Crippen LogP contribution in [-0.4, -0.2) is 11.9 Å². The number of benzene rings is 6. The molecule has 242 valence electrons. The Hall–Kier alpha value is -5.04. The van der Waals surface area contributed by atoms with E-state index in [9.17, 15) is 9.59 Å². The van der Waals surface area contributed by atoms with E-state index in [2.05, 4.69) is 0 Å². The summed E-state index contributed by atoms with van der Waals surface area (Å²) in [6, 6.07) is 59.0.